The maximum absolute atomic E-state index is 12.8. The smallest absolute Gasteiger partial charge is 0.339 e. The molecule has 9 heteroatoms. The van der Waals surface area contributed by atoms with Gasteiger partial charge in [-0.15, -0.1) is 0 Å². The average molecular weight is 452 g/mol. The molecule has 0 aliphatic carbocycles. The van der Waals surface area contributed by atoms with Crippen LogP contribution in [0.2, 0.25) is 0 Å². The summed E-state index contributed by atoms with van der Waals surface area (Å²) in [6, 6.07) is 18.2. The molecule has 2 aromatic heterocycles. The van der Waals surface area contributed by atoms with E-state index < -0.39 is 16.0 Å². The van der Waals surface area contributed by atoms with Crippen LogP contribution < -0.4 is 9.88 Å². The van der Waals surface area contributed by atoms with Crippen LogP contribution in [0.4, 0.5) is 0 Å². The third-order valence-corrected chi connectivity index (χ3v) is 5.60. The number of aromatic nitrogens is 1. The molecule has 2 heterocycles. The number of furan rings is 1. The summed E-state index contributed by atoms with van der Waals surface area (Å²) in [7, 11) is -3.76. The Morgan fingerprint density at radius 2 is 1.78 bits per heavy atom. The lowest BCUT2D eigenvalue weighted by Gasteiger charge is -2.10. The Labute approximate surface area is 184 Å². The number of esters is 1. The minimum atomic E-state index is -3.76. The Hall–Kier alpha value is -3.69. The van der Waals surface area contributed by atoms with Crippen LogP contribution in [0.25, 0.3) is 22.4 Å². The number of carbonyl (C=O) groups excluding carboxylic acids is 1. The zero-order valence-corrected chi connectivity index (χ0v) is 18.0. The SMILES string of the molecule is Cc1ccc(-c2cc(C(=O)OCCOc3ccc(S(N)(=O)=O)cc3)c3ccccc3n2)o1. The van der Waals surface area contributed by atoms with Crippen molar-refractivity contribution in [3.8, 4) is 17.2 Å². The Bertz CT molecular complexity index is 1380. The number of fused-ring (bicyclic) bond motifs is 1. The number of primary sulfonamides is 1. The van der Waals surface area contributed by atoms with Crippen molar-refractivity contribution in [2.45, 2.75) is 11.8 Å². The maximum Gasteiger partial charge on any atom is 0.339 e. The summed E-state index contributed by atoms with van der Waals surface area (Å²) in [6.07, 6.45) is 0. The largest absolute Gasteiger partial charge is 0.490 e. The van der Waals surface area contributed by atoms with Gasteiger partial charge in [0.05, 0.1) is 16.0 Å². The number of nitrogens with zero attached hydrogens (tertiary/aromatic N) is 1. The second kappa shape index (κ2) is 8.81. The quantitative estimate of drug-likeness (QED) is 0.335. The number of carbonyl (C=O) groups is 1. The monoisotopic (exact) mass is 452 g/mol. The first kappa shape index (κ1) is 21.5. The first-order chi connectivity index (χ1) is 15.3. The molecule has 0 fully saturated rings. The molecule has 32 heavy (non-hydrogen) atoms. The fourth-order valence-electron chi connectivity index (χ4n) is 3.14. The summed E-state index contributed by atoms with van der Waals surface area (Å²) in [6.45, 7) is 1.93. The van der Waals surface area contributed by atoms with Gasteiger partial charge in [-0.25, -0.2) is 23.3 Å². The third kappa shape index (κ3) is 4.79. The molecule has 0 saturated carbocycles. The van der Waals surface area contributed by atoms with E-state index in [1.807, 2.05) is 31.2 Å². The summed E-state index contributed by atoms with van der Waals surface area (Å²) >= 11 is 0. The number of pyridine rings is 1. The van der Waals surface area contributed by atoms with E-state index in [1.165, 1.54) is 24.3 Å². The lowest BCUT2D eigenvalue weighted by atomic mass is 10.1. The van der Waals surface area contributed by atoms with Crippen LogP contribution in [0.15, 0.2) is 76.0 Å². The van der Waals surface area contributed by atoms with Gasteiger partial charge in [-0.3, -0.25) is 0 Å². The molecule has 8 nitrogen and oxygen atoms in total. The van der Waals surface area contributed by atoms with Crippen molar-refractivity contribution in [3.05, 3.63) is 78.1 Å². The van der Waals surface area contributed by atoms with E-state index in [9.17, 15) is 13.2 Å². The van der Waals surface area contributed by atoms with E-state index in [0.29, 0.717) is 33.7 Å². The van der Waals surface area contributed by atoms with Crippen molar-refractivity contribution >= 4 is 26.9 Å². The second-order valence-electron chi connectivity index (χ2n) is 6.98. The van der Waals surface area contributed by atoms with Gasteiger partial charge in [0.15, 0.2) is 5.76 Å². The van der Waals surface area contributed by atoms with Crippen LogP contribution in [0.3, 0.4) is 0 Å². The predicted octanol–water partition coefficient (Wildman–Crippen LogP) is 3.69. The van der Waals surface area contributed by atoms with Crippen molar-refractivity contribution in [3.63, 3.8) is 0 Å². The van der Waals surface area contributed by atoms with Gasteiger partial charge >= 0.3 is 5.97 Å². The molecule has 0 aliphatic rings. The summed E-state index contributed by atoms with van der Waals surface area (Å²) in [5, 5.41) is 5.74. The minimum absolute atomic E-state index is 0.00160. The molecule has 0 saturated heterocycles. The number of rotatable bonds is 7. The number of benzene rings is 2. The molecule has 2 aromatic carbocycles. The summed E-state index contributed by atoms with van der Waals surface area (Å²) in [5.41, 5.74) is 1.56. The summed E-state index contributed by atoms with van der Waals surface area (Å²) in [4.78, 5) is 17.4. The molecule has 0 radical (unpaired) electrons. The van der Waals surface area contributed by atoms with Crippen LogP contribution in [0, 0.1) is 6.92 Å². The molecule has 4 rings (SSSR count). The van der Waals surface area contributed by atoms with E-state index in [1.54, 1.807) is 18.2 Å². The molecule has 0 atom stereocenters. The molecule has 164 valence electrons. The van der Waals surface area contributed by atoms with Gasteiger partial charge in [-0.05, 0) is 55.5 Å². The zero-order chi connectivity index (χ0) is 22.7. The average Bonchev–Trinajstić information content (AvgIpc) is 3.22. The normalized spacial score (nSPS) is 11.4. The molecule has 0 amide bonds. The number of hydrogen-bond acceptors (Lipinski definition) is 7. The van der Waals surface area contributed by atoms with E-state index >= 15 is 0 Å². The Kier molecular flexibility index (Phi) is 5.93. The molecule has 2 N–H and O–H groups in total. The Morgan fingerprint density at radius 1 is 1.03 bits per heavy atom. The van der Waals surface area contributed by atoms with Crippen molar-refractivity contribution in [2.75, 3.05) is 13.2 Å². The molecule has 0 spiro atoms. The second-order valence-corrected chi connectivity index (χ2v) is 8.54. The maximum atomic E-state index is 12.8. The molecular weight excluding hydrogens is 432 g/mol. The van der Waals surface area contributed by atoms with Crippen molar-refractivity contribution in [1.29, 1.82) is 0 Å². The van der Waals surface area contributed by atoms with E-state index in [0.717, 1.165) is 5.76 Å². The van der Waals surface area contributed by atoms with Crippen molar-refractivity contribution in [2.24, 2.45) is 5.14 Å². The molecule has 4 aromatic rings. The number of aryl methyl sites for hydroxylation is 1. The van der Waals surface area contributed by atoms with Crippen LogP contribution in [-0.2, 0) is 14.8 Å². The van der Waals surface area contributed by atoms with Crippen molar-refractivity contribution < 1.29 is 27.1 Å². The number of hydrogen-bond donors (Lipinski definition) is 1. The lowest BCUT2D eigenvalue weighted by Crippen LogP contribution is -2.14. The lowest BCUT2D eigenvalue weighted by molar-refractivity contribution is 0.0452. The highest BCUT2D eigenvalue weighted by molar-refractivity contribution is 7.89. The van der Waals surface area contributed by atoms with Gasteiger partial charge in [-0.2, -0.15) is 0 Å². The van der Waals surface area contributed by atoms with Crippen LogP contribution in [0.1, 0.15) is 16.1 Å². The highest BCUT2D eigenvalue weighted by Crippen LogP contribution is 2.26. The number of nitrogens with two attached hydrogens (primary N) is 1. The number of sulfonamides is 1. The van der Waals surface area contributed by atoms with Crippen LogP contribution in [0.5, 0.6) is 5.75 Å². The molecular formula is C23H20N2O6S. The fourth-order valence-corrected chi connectivity index (χ4v) is 3.66. The highest BCUT2D eigenvalue weighted by atomic mass is 32.2. The van der Waals surface area contributed by atoms with E-state index in [-0.39, 0.29) is 18.1 Å². The number of para-hydroxylation sites is 1. The molecule has 0 unspecified atom stereocenters. The zero-order valence-electron chi connectivity index (χ0n) is 17.1. The summed E-state index contributed by atoms with van der Waals surface area (Å²) < 4.78 is 39.1. The minimum Gasteiger partial charge on any atom is -0.490 e. The fraction of sp³-hybridized carbons (Fsp3) is 0.130. The summed E-state index contributed by atoms with van der Waals surface area (Å²) in [5.74, 6) is 1.22. The van der Waals surface area contributed by atoms with Crippen LogP contribution >= 0.6 is 0 Å². The standard InChI is InChI=1S/C23H20N2O6S/c1-15-6-11-22(31-15)21-14-19(18-4-2-3-5-20(18)25-21)23(26)30-13-12-29-16-7-9-17(10-8-16)32(24,27)28/h2-11,14H,12-13H2,1H3,(H2,24,27,28). The first-order valence-corrected chi connectivity index (χ1v) is 11.3. The van der Waals surface area contributed by atoms with Crippen molar-refractivity contribution in [1.82, 2.24) is 4.98 Å². The third-order valence-electron chi connectivity index (χ3n) is 4.67. The Balaban J connectivity index is 1.45. The van der Waals surface area contributed by atoms with E-state index in [2.05, 4.69) is 4.98 Å². The van der Waals surface area contributed by atoms with Gasteiger partial charge in [0.25, 0.3) is 0 Å². The first-order valence-electron chi connectivity index (χ1n) is 9.71. The van der Waals surface area contributed by atoms with Gasteiger partial charge in [0.1, 0.15) is 30.4 Å². The topological polar surface area (TPSA) is 122 Å². The highest BCUT2D eigenvalue weighted by Gasteiger charge is 2.16. The van der Waals surface area contributed by atoms with Gasteiger partial charge < -0.3 is 13.9 Å². The molecule has 0 aliphatic heterocycles. The number of ether oxygens (including phenoxy) is 2. The van der Waals surface area contributed by atoms with Crippen LogP contribution in [-0.4, -0.2) is 32.6 Å². The van der Waals surface area contributed by atoms with Gasteiger partial charge in [0.2, 0.25) is 10.0 Å². The predicted molar refractivity (Wildman–Crippen MR) is 118 cm³/mol. The van der Waals surface area contributed by atoms with Gasteiger partial charge in [-0.1, -0.05) is 18.2 Å². The van der Waals surface area contributed by atoms with E-state index in [4.69, 9.17) is 19.0 Å². The van der Waals surface area contributed by atoms with Gasteiger partial charge in [0, 0.05) is 5.39 Å². The molecule has 0 bridgehead atoms. The Morgan fingerprint density at radius 3 is 2.47 bits per heavy atom.